The van der Waals surface area contributed by atoms with Gasteiger partial charge in [-0.25, -0.2) is 8.42 Å². The van der Waals surface area contributed by atoms with Crippen molar-refractivity contribution in [2.24, 2.45) is 0 Å². The summed E-state index contributed by atoms with van der Waals surface area (Å²) in [5.41, 5.74) is 0.482. The fourth-order valence-corrected chi connectivity index (χ4v) is 4.92. The zero-order chi connectivity index (χ0) is 18.6. The molecule has 0 heterocycles. The van der Waals surface area contributed by atoms with Crippen LogP contribution in [0.5, 0.6) is 0 Å². The van der Waals surface area contributed by atoms with Crippen LogP contribution in [0.25, 0.3) is 0 Å². The number of benzene rings is 2. The Balaban J connectivity index is 1.89. The van der Waals surface area contributed by atoms with Crippen molar-refractivity contribution >= 4 is 44.2 Å². The molecule has 1 N–H and O–H groups in total. The van der Waals surface area contributed by atoms with E-state index in [2.05, 4.69) is 27.9 Å². The molecule has 138 valence electrons. The molecule has 2 aromatic rings. The van der Waals surface area contributed by atoms with Gasteiger partial charge in [-0.2, -0.15) is 0 Å². The third-order valence-electron chi connectivity index (χ3n) is 4.45. The molecule has 2 aromatic carbocycles. The first-order valence-electron chi connectivity index (χ1n) is 8.59. The maximum absolute atomic E-state index is 13.1. The standard InChI is InChI=1S/C19H21IN2O3S/c20-15-10-12-17(13-11-15)22(14-19(23)21-16-6-4-5-7-16)26(24,25)18-8-2-1-3-9-18/h1-3,8-13,16H,4-7,14H2,(H,21,23). The first kappa shape index (κ1) is 19.2. The molecule has 0 saturated heterocycles. The monoisotopic (exact) mass is 484 g/mol. The summed E-state index contributed by atoms with van der Waals surface area (Å²) in [6.07, 6.45) is 4.13. The zero-order valence-corrected chi connectivity index (χ0v) is 17.2. The van der Waals surface area contributed by atoms with Gasteiger partial charge < -0.3 is 5.32 Å². The summed E-state index contributed by atoms with van der Waals surface area (Å²) in [7, 11) is -3.83. The van der Waals surface area contributed by atoms with Crippen LogP contribution in [0.4, 0.5) is 5.69 Å². The molecule has 0 spiro atoms. The molecule has 1 aliphatic carbocycles. The van der Waals surface area contributed by atoms with E-state index < -0.39 is 10.0 Å². The molecule has 0 aromatic heterocycles. The van der Waals surface area contributed by atoms with Crippen LogP contribution >= 0.6 is 22.6 Å². The van der Waals surface area contributed by atoms with Crippen molar-refractivity contribution in [1.82, 2.24) is 5.32 Å². The Labute approximate surface area is 168 Å². The SMILES string of the molecule is O=C(CN(c1ccc(I)cc1)S(=O)(=O)c1ccccc1)NC1CCCC1. The van der Waals surface area contributed by atoms with Crippen LogP contribution < -0.4 is 9.62 Å². The van der Waals surface area contributed by atoms with Gasteiger partial charge in [0.05, 0.1) is 10.6 Å². The maximum Gasteiger partial charge on any atom is 0.264 e. The number of nitrogens with one attached hydrogen (secondary N) is 1. The van der Waals surface area contributed by atoms with E-state index in [0.29, 0.717) is 5.69 Å². The number of sulfonamides is 1. The topological polar surface area (TPSA) is 66.5 Å². The minimum atomic E-state index is -3.83. The van der Waals surface area contributed by atoms with E-state index in [1.807, 2.05) is 12.1 Å². The Morgan fingerprint density at radius 2 is 1.65 bits per heavy atom. The lowest BCUT2D eigenvalue weighted by Gasteiger charge is -2.25. The lowest BCUT2D eigenvalue weighted by molar-refractivity contribution is -0.120. The Morgan fingerprint density at radius 1 is 1.04 bits per heavy atom. The van der Waals surface area contributed by atoms with Crippen molar-refractivity contribution in [3.05, 3.63) is 58.2 Å². The summed E-state index contributed by atoms with van der Waals surface area (Å²) in [5.74, 6) is -0.269. The Morgan fingerprint density at radius 3 is 2.27 bits per heavy atom. The van der Waals surface area contributed by atoms with Crippen LogP contribution in [0.2, 0.25) is 0 Å². The summed E-state index contributed by atoms with van der Waals surface area (Å²) >= 11 is 2.16. The van der Waals surface area contributed by atoms with Gasteiger partial charge in [-0.1, -0.05) is 31.0 Å². The minimum Gasteiger partial charge on any atom is -0.352 e. The molecule has 0 radical (unpaired) electrons. The van der Waals surface area contributed by atoms with Crippen molar-refractivity contribution in [2.75, 3.05) is 10.8 Å². The number of halogens is 1. The van der Waals surface area contributed by atoms with Gasteiger partial charge in [0, 0.05) is 9.61 Å². The molecule has 0 atom stereocenters. The van der Waals surface area contributed by atoms with E-state index in [1.54, 1.807) is 42.5 Å². The van der Waals surface area contributed by atoms with Gasteiger partial charge in [0.25, 0.3) is 10.0 Å². The van der Waals surface area contributed by atoms with Gasteiger partial charge >= 0.3 is 0 Å². The Hall–Kier alpha value is -1.61. The highest BCUT2D eigenvalue weighted by atomic mass is 127. The highest BCUT2D eigenvalue weighted by Crippen LogP contribution is 2.24. The van der Waals surface area contributed by atoms with E-state index >= 15 is 0 Å². The third-order valence-corrected chi connectivity index (χ3v) is 6.96. The molecule has 3 rings (SSSR count). The summed E-state index contributed by atoms with van der Waals surface area (Å²) in [6.45, 7) is -0.228. The number of rotatable bonds is 6. The number of nitrogens with zero attached hydrogens (tertiary/aromatic N) is 1. The average Bonchev–Trinajstić information content (AvgIpc) is 3.14. The molecule has 0 bridgehead atoms. The van der Waals surface area contributed by atoms with Crippen LogP contribution in [0.15, 0.2) is 59.5 Å². The van der Waals surface area contributed by atoms with Gasteiger partial charge in [-0.3, -0.25) is 9.10 Å². The molecule has 5 nitrogen and oxygen atoms in total. The highest BCUT2D eigenvalue weighted by molar-refractivity contribution is 14.1. The van der Waals surface area contributed by atoms with E-state index in [9.17, 15) is 13.2 Å². The van der Waals surface area contributed by atoms with E-state index in [0.717, 1.165) is 29.3 Å². The molecular weight excluding hydrogens is 463 g/mol. The Bertz CT molecular complexity index is 848. The first-order valence-corrected chi connectivity index (χ1v) is 11.1. The smallest absolute Gasteiger partial charge is 0.264 e. The van der Waals surface area contributed by atoms with Gasteiger partial charge in [0.15, 0.2) is 0 Å². The maximum atomic E-state index is 13.1. The Kier molecular flexibility index (Phi) is 6.18. The number of carbonyl (C=O) groups is 1. The molecule has 7 heteroatoms. The quantitative estimate of drug-likeness (QED) is 0.638. The molecule has 26 heavy (non-hydrogen) atoms. The van der Waals surface area contributed by atoms with Gasteiger partial charge in [-0.15, -0.1) is 0 Å². The van der Waals surface area contributed by atoms with Crippen molar-refractivity contribution < 1.29 is 13.2 Å². The zero-order valence-electron chi connectivity index (χ0n) is 14.3. The molecule has 1 saturated carbocycles. The number of hydrogen-bond acceptors (Lipinski definition) is 3. The number of amides is 1. The fourth-order valence-electron chi connectivity index (χ4n) is 3.12. The summed E-state index contributed by atoms with van der Waals surface area (Å²) in [4.78, 5) is 12.7. The van der Waals surface area contributed by atoms with Crippen molar-refractivity contribution in [3.63, 3.8) is 0 Å². The number of carbonyl (C=O) groups excluding carboxylic acids is 1. The van der Waals surface area contributed by atoms with Gasteiger partial charge in [0.1, 0.15) is 6.54 Å². The van der Waals surface area contributed by atoms with Crippen LogP contribution in [0, 0.1) is 3.57 Å². The predicted octanol–water partition coefficient (Wildman–Crippen LogP) is 3.55. The van der Waals surface area contributed by atoms with Gasteiger partial charge in [0.2, 0.25) is 5.91 Å². The molecule has 0 aliphatic heterocycles. The molecule has 1 amide bonds. The van der Waals surface area contributed by atoms with E-state index in [4.69, 9.17) is 0 Å². The fraction of sp³-hybridized carbons (Fsp3) is 0.316. The summed E-state index contributed by atoms with van der Waals surface area (Å²) in [5, 5.41) is 2.97. The average molecular weight is 484 g/mol. The second kappa shape index (κ2) is 8.39. The van der Waals surface area contributed by atoms with Crippen LogP contribution in [0.3, 0.4) is 0 Å². The number of anilines is 1. The lowest BCUT2D eigenvalue weighted by atomic mass is 10.2. The molecule has 0 unspecified atom stereocenters. The van der Waals surface area contributed by atoms with Crippen LogP contribution in [-0.2, 0) is 14.8 Å². The second-order valence-corrected chi connectivity index (χ2v) is 9.46. The molecule has 1 fully saturated rings. The lowest BCUT2D eigenvalue weighted by Crippen LogP contribution is -2.43. The summed E-state index contributed by atoms with van der Waals surface area (Å²) < 4.78 is 28.5. The summed E-state index contributed by atoms with van der Waals surface area (Å²) in [6, 6.07) is 15.5. The highest BCUT2D eigenvalue weighted by Gasteiger charge is 2.28. The largest absolute Gasteiger partial charge is 0.352 e. The first-order chi connectivity index (χ1) is 12.5. The number of hydrogen-bond donors (Lipinski definition) is 1. The minimum absolute atomic E-state index is 0.153. The normalized spacial score (nSPS) is 15.0. The van der Waals surface area contributed by atoms with Crippen LogP contribution in [-0.4, -0.2) is 26.9 Å². The van der Waals surface area contributed by atoms with E-state index in [-0.39, 0.29) is 23.4 Å². The van der Waals surface area contributed by atoms with Crippen molar-refractivity contribution in [2.45, 2.75) is 36.6 Å². The second-order valence-electron chi connectivity index (χ2n) is 6.35. The van der Waals surface area contributed by atoms with E-state index in [1.165, 1.54) is 4.31 Å². The third kappa shape index (κ3) is 4.56. The predicted molar refractivity (Wildman–Crippen MR) is 111 cm³/mol. The van der Waals surface area contributed by atoms with Crippen molar-refractivity contribution in [3.8, 4) is 0 Å². The molecule has 1 aliphatic rings. The van der Waals surface area contributed by atoms with Crippen molar-refractivity contribution in [1.29, 1.82) is 0 Å². The molecular formula is C19H21IN2O3S. The van der Waals surface area contributed by atoms with Gasteiger partial charge in [-0.05, 0) is 71.8 Å². The van der Waals surface area contributed by atoms with Crippen LogP contribution in [0.1, 0.15) is 25.7 Å².